The summed E-state index contributed by atoms with van der Waals surface area (Å²) in [5.74, 6) is -4.05. The Labute approximate surface area is 164 Å². The highest BCUT2D eigenvalue weighted by molar-refractivity contribution is 6.49. The molecule has 2 saturated heterocycles. The summed E-state index contributed by atoms with van der Waals surface area (Å²) < 4.78 is 0. The summed E-state index contributed by atoms with van der Waals surface area (Å²) in [5.41, 5.74) is 3.05. The van der Waals surface area contributed by atoms with E-state index in [2.05, 4.69) is 10.5 Å². The van der Waals surface area contributed by atoms with Crippen LogP contribution in [0.4, 0.5) is 5.69 Å². The average Bonchev–Trinajstić information content (AvgIpc) is 3.33. The number of rotatable bonds is 5. The van der Waals surface area contributed by atoms with Crippen molar-refractivity contribution in [3.05, 3.63) is 29.8 Å². The molecule has 0 spiro atoms. The highest BCUT2D eigenvalue weighted by Gasteiger charge is 2.55. The molecule has 0 saturated carbocycles. The highest BCUT2D eigenvalue weighted by atomic mass is 16.2. The van der Waals surface area contributed by atoms with Gasteiger partial charge in [0.1, 0.15) is 17.7 Å². The lowest BCUT2D eigenvalue weighted by Crippen LogP contribution is -2.41. The van der Waals surface area contributed by atoms with Crippen LogP contribution in [-0.4, -0.2) is 58.4 Å². The number of Topliss-reactive ketones (excluding diaryl/α,β-unsaturated/α-hetero) is 2. The second kappa shape index (κ2) is 6.73. The zero-order chi connectivity index (χ0) is 20.9. The normalized spacial score (nSPS) is 23.4. The number of ketones is 2. The van der Waals surface area contributed by atoms with Gasteiger partial charge in [0.2, 0.25) is 17.7 Å². The van der Waals surface area contributed by atoms with E-state index in [9.17, 15) is 28.8 Å². The zero-order valence-electron chi connectivity index (χ0n) is 15.4. The van der Waals surface area contributed by atoms with Crippen molar-refractivity contribution in [1.82, 2.24) is 10.3 Å². The van der Waals surface area contributed by atoms with Crippen LogP contribution in [0.15, 0.2) is 29.4 Å². The first-order valence-electron chi connectivity index (χ1n) is 8.98. The average molecular weight is 396 g/mol. The van der Waals surface area contributed by atoms with Crippen LogP contribution in [0.5, 0.6) is 0 Å². The molecule has 4 rings (SSSR count). The smallest absolute Gasteiger partial charge is 0.259 e. The van der Waals surface area contributed by atoms with Crippen LogP contribution in [0.1, 0.15) is 30.1 Å². The molecule has 29 heavy (non-hydrogen) atoms. The Bertz CT molecular complexity index is 996. The van der Waals surface area contributed by atoms with Gasteiger partial charge in [-0.05, 0) is 31.2 Å². The number of nitrogens with zero attached hydrogens (tertiary/aromatic N) is 3. The largest absolute Gasteiger partial charge is 0.296 e. The van der Waals surface area contributed by atoms with E-state index in [1.165, 1.54) is 31.2 Å². The first-order chi connectivity index (χ1) is 13.8. The van der Waals surface area contributed by atoms with E-state index in [4.69, 9.17) is 0 Å². The summed E-state index contributed by atoms with van der Waals surface area (Å²) in [7, 11) is 0. The van der Waals surface area contributed by atoms with Crippen LogP contribution in [-0.2, 0) is 24.0 Å². The summed E-state index contributed by atoms with van der Waals surface area (Å²) in [6, 6.07) is 4.94. The maximum Gasteiger partial charge on any atom is 0.259 e. The van der Waals surface area contributed by atoms with Crippen LogP contribution in [0, 0.1) is 5.92 Å². The molecule has 3 heterocycles. The molecule has 0 aliphatic carbocycles. The van der Waals surface area contributed by atoms with E-state index in [1.54, 1.807) is 0 Å². The summed E-state index contributed by atoms with van der Waals surface area (Å²) in [6.07, 6.45) is 0.0920. The second-order valence-corrected chi connectivity index (χ2v) is 6.99. The first kappa shape index (κ1) is 18.7. The van der Waals surface area contributed by atoms with Crippen molar-refractivity contribution in [2.75, 3.05) is 11.4 Å². The molecule has 0 bridgehead atoms. The monoisotopic (exact) mass is 396 g/mol. The summed E-state index contributed by atoms with van der Waals surface area (Å²) in [5, 5.41) is 3.83. The van der Waals surface area contributed by atoms with Gasteiger partial charge in [-0.25, -0.2) is 4.90 Å². The van der Waals surface area contributed by atoms with Crippen molar-refractivity contribution in [1.29, 1.82) is 0 Å². The Hall–Kier alpha value is -3.69. The minimum atomic E-state index is -1.13. The molecule has 3 aliphatic heterocycles. The van der Waals surface area contributed by atoms with Crippen LogP contribution in [0.2, 0.25) is 0 Å². The Kier molecular flexibility index (Phi) is 4.33. The number of hydrogen-bond donors (Lipinski definition) is 1. The van der Waals surface area contributed by atoms with E-state index in [1.807, 2.05) is 0 Å². The summed E-state index contributed by atoms with van der Waals surface area (Å²) >= 11 is 0. The molecule has 1 N–H and O–H groups in total. The van der Waals surface area contributed by atoms with E-state index < -0.39 is 47.9 Å². The van der Waals surface area contributed by atoms with Gasteiger partial charge in [0.05, 0.1) is 12.2 Å². The van der Waals surface area contributed by atoms with E-state index in [0.29, 0.717) is 5.56 Å². The van der Waals surface area contributed by atoms with Crippen molar-refractivity contribution in [2.24, 2.45) is 11.0 Å². The summed E-state index contributed by atoms with van der Waals surface area (Å²) in [6.45, 7) is 0.899. The first-order valence-corrected chi connectivity index (χ1v) is 8.98. The molecule has 10 nitrogen and oxygen atoms in total. The number of anilines is 1. The van der Waals surface area contributed by atoms with Gasteiger partial charge in [0.25, 0.3) is 5.91 Å². The third kappa shape index (κ3) is 2.93. The van der Waals surface area contributed by atoms with Gasteiger partial charge in [-0.2, -0.15) is 5.10 Å². The number of carbonyl (C=O) groups excluding carboxylic acids is 6. The number of nitrogens with one attached hydrogen (secondary N) is 1. The SMILES string of the molecule is CC(=O)c1ccc(N2C(=O)C3NN=C(C(=O)CN4C(=O)CCC4=O)C3C2=O)cc1. The van der Waals surface area contributed by atoms with Gasteiger partial charge in [-0.3, -0.25) is 39.1 Å². The molecule has 148 valence electrons. The predicted molar refractivity (Wildman–Crippen MR) is 97.7 cm³/mol. The highest BCUT2D eigenvalue weighted by Crippen LogP contribution is 2.31. The molecule has 0 aromatic heterocycles. The van der Waals surface area contributed by atoms with Crippen LogP contribution in [0.25, 0.3) is 0 Å². The molecule has 1 aromatic rings. The molecule has 1 aromatic carbocycles. The minimum Gasteiger partial charge on any atom is -0.296 e. The van der Waals surface area contributed by atoms with E-state index in [0.717, 1.165) is 9.80 Å². The van der Waals surface area contributed by atoms with E-state index in [-0.39, 0.29) is 30.0 Å². The zero-order valence-corrected chi connectivity index (χ0v) is 15.4. The predicted octanol–water partition coefficient (Wildman–Crippen LogP) is -0.575. The number of benzene rings is 1. The lowest BCUT2D eigenvalue weighted by atomic mass is 9.95. The van der Waals surface area contributed by atoms with Crippen LogP contribution in [0.3, 0.4) is 0 Å². The standard InChI is InChI=1S/C19H16N4O6/c1-9(24)10-2-4-11(5-3-10)23-18(28)15-16(20-21-17(15)19(23)29)12(25)8-22-13(26)6-7-14(22)27/h2-5,15,17,21H,6-8H2,1H3. The van der Waals surface area contributed by atoms with Gasteiger partial charge in [-0.1, -0.05) is 0 Å². The number of carbonyl (C=O) groups is 6. The van der Waals surface area contributed by atoms with Gasteiger partial charge in [0, 0.05) is 18.4 Å². The molecule has 0 radical (unpaired) electrons. The number of amides is 4. The Balaban J connectivity index is 1.55. The molecular formula is C19H16N4O6. The minimum absolute atomic E-state index is 0.0460. The molecule has 4 amide bonds. The topological polar surface area (TPSA) is 133 Å². The quantitative estimate of drug-likeness (QED) is 0.520. The van der Waals surface area contributed by atoms with Gasteiger partial charge in [0.15, 0.2) is 11.6 Å². The second-order valence-electron chi connectivity index (χ2n) is 6.99. The number of hydrazone groups is 1. The fourth-order valence-corrected chi connectivity index (χ4v) is 3.64. The van der Waals surface area contributed by atoms with Crippen LogP contribution < -0.4 is 10.3 Å². The number of likely N-dealkylation sites (tertiary alicyclic amines) is 1. The maximum absolute atomic E-state index is 12.9. The van der Waals surface area contributed by atoms with Crippen molar-refractivity contribution >= 4 is 46.6 Å². The Morgan fingerprint density at radius 2 is 1.66 bits per heavy atom. The number of fused-ring (bicyclic) bond motifs is 1. The third-order valence-electron chi connectivity index (χ3n) is 5.20. The summed E-state index contributed by atoms with van der Waals surface area (Å²) in [4.78, 5) is 74.9. The Morgan fingerprint density at radius 1 is 1.03 bits per heavy atom. The van der Waals surface area contributed by atoms with Crippen molar-refractivity contribution in [2.45, 2.75) is 25.8 Å². The third-order valence-corrected chi connectivity index (χ3v) is 5.20. The Morgan fingerprint density at radius 3 is 2.24 bits per heavy atom. The molecule has 2 unspecified atom stereocenters. The molecular weight excluding hydrogens is 380 g/mol. The molecule has 10 heteroatoms. The van der Waals surface area contributed by atoms with Crippen molar-refractivity contribution in [3.63, 3.8) is 0 Å². The molecule has 2 atom stereocenters. The molecule has 3 aliphatic rings. The number of imide groups is 2. The van der Waals surface area contributed by atoms with E-state index >= 15 is 0 Å². The van der Waals surface area contributed by atoms with Crippen molar-refractivity contribution in [3.8, 4) is 0 Å². The fraction of sp³-hybridized carbons (Fsp3) is 0.316. The fourth-order valence-electron chi connectivity index (χ4n) is 3.64. The lowest BCUT2D eigenvalue weighted by molar-refractivity contribution is -0.140. The van der Waals surface area contributed by atoms with Gasteiger partial charge >= 0.3 is 0 Å². The van der Waals surface area contributed by atoms with Crippen LogP contribution >= 0.6 is 0 Å². The number of hydrogen-bond acceptors (Lipinski definition) is 8. The lowest BCUT2D eigenvalue weighted by Gasteiger charge is -2.16. The van der Waals surface area contributed by atoms with Crippen molar-refractivity contribution < 1.29 is 28.8 Å². The molecule has 2 fully saturated rings. The van der Waals surface area contributed by atoms with Gasteiger partial charge < -0.3 is 0 Å². The maximum atomic E-state index is 12.9. The van der Waals surface area contributed by atoms with Gasteiger partial charge in [-0.15, -0.1) is 0 Å².